The van der Waals surface area contributed by atoms with Crippen LogP contribution in [0.2, 0.25) is 5.02 Å². The molecule has 2 aromatic rings. The summed E-state index contributed by atoms with van der Waals surface area (Å²) in [6, 6.07) is 12.4. The Bertz CT molecular complexity index is 1280. The number of rotatable bonds is 3. The summed E-state index contributed by atoms with van der Waals surface area (Å²) in [5.74, 6) is 3.19. The van der Waals surface area contributed by atoms with Gasteiger partial charge in [-0.05, 0) is 116 Å². The molecule has 5 nitrogen and oxygen atoms in total. The molecule has 2 aliphatic heterocycles. The molecule has 1 fully saturated rings. The molecule has 0 radical (unpaired) electrons. The van der Waals surface area contributed by atoms with Gasteiger partial charge < -0.3 is 14.4 Å². The van der Waals surface area contributed by atoms with Crippen LogP contribution in [0.4, 0.5) is 5.69 Å². The quantitative estimate of drug-likeness (QED) is 0.269. The third-order valence-corrected chi connectivity index (χ3v) is 12.0. The molecule has 6 unspecified atom stereocenters. The van der Waals surface area contributed by atoms with Crippen LogP contribution in [0.3, 0.4) is 0 Å². The minimum atomic E-state index is -0.122. The van der Waals surface area contributed by atoms with Crippen LogP contribution >= 0.6 is 36.2 Å². The Morgan fingerprint density at radius 3 is 2.83 bits per heavy atom. The zero-order chi connectivity index (χ0) is 29.3. The van der Waals surface area contributed by atoms with Crippen LogP contribution in [-0.2, 0) is 16.6 Å². The number of carbonyl (C=O) groups excluding carboxylic acids is 1. The van der Waals surface area contributed by atoms with Gasteiger partial charge >= 0.3 is 0 Å². The Balaban J connectivity index is 1.37. The lowest BCUT2D eigenvalue weighted by atomic mass is 9.68. The van der Waals surface area contributed by atoms with Crippen molar-refractivity contribution < 1.29 is 14.3 Å². The molecule has 1 spiro atoms. The summed E-state index contributed by atoms with van der Waals surface area (Å²) in [7, 11) is 0. The van der Waals surface area contributed by atoms with E-state index in [2.05, 4.69) is 54.3 Å². The van der Waals surface area contributed by atoms with Crippen molar-refractivity contribution in [3.8, 4) is 5.75 Å². The molecule has 8 heteroatoms. The standard InChI is InChI=1S/C34H45ClN2O3S2/c1-22-5-3-7-31(39-15-16-41)28-11-8-26(28)19-37-20-34(14-4-6-24-17-27(35)10-12-29(24)34)21-40-32-13-9-25(18-30(32)37)33(38)36-42-23(22)2/h9-10,12-13,17-18,22-23,26,28,31,41H,3-8,11,14-16,19-21H2,1-2H3,(H,36,38). The van der Waals surface area contributed by atoms with Crippen LogP contribution in [0.15, 0.2) is 36.4 Å². The van der Waals surface area contributed by atoms with E-state index in [9.17, 15) is 4.79 Å². The molecule has 1 N–H and O–H groups in total. The fraction of sp³-hybridized carbons (Fsp3) is 0.618. The summed E-state index contributed by atoms with van der Waals surface area (Å²) in [5.41, 5.74) is 4.32. The fourth-order valence-corrected chi connectivity index (χ4v) is 8.75. The van der Waals surface area contributed by atoms with Gasteiger partial charge in [0.2, 0.25) is 0 Å². The molecular formula is C34H45ClN2O3S2. The number of nitrogens with one attached hydrogen (secondary N) is 1. The number of halogens is 1. The van der Waals surface area contributed by atoms with Gasteiger partial charge in [0, 0.05) is 40.1 Å². The Morgan fingerprint density at radius 1 is 1.14 bits per heavy atom. The molecule has 4 aliphatic rings. The number of carbonyl (C=O) groups is 1. The third-order valence-electron chi connectivity index (χ3n) is 10.4. The summed E-state index contributed by atoms with van der Waals surface area (Å²) in [5, 5.41) is 1.13. The Kier molecular flexibility index (Phi) is 9.59. The van der Waals surface area contributed by atoms with Crippen molar-refractivity contribution in [2.75, 3.05) is 37.0 Å². The molecule has 6 atom stereocenters. The van der Waals surface area contributed by atoms with Gasteiger partial charge in [-0.2, -0.15) is 12.6 Å². The summed E-state index contributed by atoms with van der Waals surface area (Å²) in [4.78, 5) is 15.9. The Morgan fingerprint density at radius 2 is 2.02 bits per heavy atom. The first kappa shape index (κ1) is 30.5. The largest absolute Gasteiger partial charge is 0.490 e. The van der Waals surface area contributed by atoms with Crippen molar-refractivity contribution in [2.24, 2.45) is 17.8 Å². The van der Waals surface area contributed by atoms with Crippen LogP contribution < -0.4 is 14.4 Å². The third kappa shape index (κ3) is 6.31. The molecule has 42 heavy (non-hydrogen) atoms. The molecule has 2 aliphatic carbocycles. The van der Waals surface area contributed by atoms with E-state index in [0.29, 0.717) is 41.8 Å². The highest BCUT2D eigenvalue weighted by Crippen LogP contribution is 2.47. The van der Waals surface area contributed by atoms with Gasteiger partial charge in [-0.1, -0.05) is 37.9 Å². The second kappa shape index (κ2) is 13.2. The van der Waals surface area contributed by atoms with Crippen LogP contribution in [-0.4, -0.2) is 49.3 Å². The van der Waals surface area contributed by atoms with Crippen molar-refractivity contribution in [1.29, 1.82) is 0 Å². The molecule has 2 bridgehead atoms. The van der Waals surface area contributed by atoms with Crippen molar-refractivity contribution in [2.45, 2.75) is 82.0 Å². The van der Waals surface area contributed by atoms with E-state index in [1.54, 1.807) is 11.9 Å². The number of amides is 1. The van der Waals surface area contributed by atoms with Crippen LogP contribution in [0.25, 0.3) is 0 Å². The van der Waals surface area contributed by atoms with Crippen molar-refractivity contribution in [3.63, 3.8) is 0 Å². The van der Waals surface area contributed by atoms with Gasteiger partial charge in [0.25, 0.3) is 5.91 Å². The number of aryl methyl sites for hydroxylation is 1. The van der Waals surface area contributed by atoms with Crippen LogP contribution in [0.1, 0.15) is 80.3 Å². The molecule has 228 valence electrons. The van der Waals surface area contributed by atoms with Gasteiger partial charge in [-0.25, -0.2) is 0 Å². The zero-order valence-electron chi connectivity index (χ0n) is 24.9. The van der Waals surface area contributed by atoms with E-state index < -0.39 is 0 Å². The highest BCUT2D eigenvalue weighted by Gasteiger charge is 2.44. The zero-order valence-corrected chi connectivity index (χ0v) is 27.4. The number of nitrogens with zero attached hydrogens (tertiary/aromatic N) is 1. The van der Waals surface area contributed by atoms with Gasteiger partial charge in [-0.3, -0.25) is 9.52 Å². The number of hydrogen-bond acceptors (Lipinski definition) is 6. The van der Waals surface area contributed by atoms with E-state index in [-0.39, 0.29) is 17.4 Å². The highest BCUT2D eigenvalue weighted by molar-refractivity contribution is 7.98. The number of fused-ring (bicyclic) bond motifs is 4. The van der Waals surface area contributed by atoms with Crippen molar-refractivity contribution in [1.82, 2.24) is 4.72 Å². The molecule has 6 rings (SSSR count). The topological polar surface area (TPSA) is 50.8 Å². The minimum absolute atomic E-state index is 0.0350. The van der Waals surface area contributed by atoms with E-state index in [4.69, 9.17) is 21.1 Å². The smallest absolute Gasteiger partial charge is 0.261 e. The lowest BCUT2D eigenvalue weighted by molar-refractivity contribution is -0.0416. The molecule has 0 saturated heterocycles. The predicted octanol–water partition coefficient (Wildman–Crippen LogP) is 7.74. The molecule has 1 saturated carbocycles. The SMILES string of the molecule is CC1CCCC(OCCS)C2CCC2CN2CC3(CCCc4cc(Cl)ccc43)COc3ccc(cc32)C(=O)NSC1C. The lowest BCUT2D eigenvalue weighted by Crippen LogP contribution is -2.50. The first-order chi connectivity index (χ1) is 20.4. The minimum Gasteiger partial charge on any atom is -0.490 e. The van der Waals surface area contributed by atoms with E-state index in [1.165, 1.54) is 24.0 Å². The number of anilines is 1. The average Bonchev–Trinajstić information content (AvgIpc) is 3.12. The maximum absolute atomic E-state index is 13.4. The second-order valence-corrected chi connectivity index (χ2v) is 15.2. The number of ether oxygens (including phenoxy) is 2. The molecule has 1 amide bonds. The molecule has 0 aromatic heterocycles. The maximum atomic E-state index is 13.4. The van der Waals surface area contributed by atoms with Gasteiger partial charge in [0.15, 0.2) is 0 Å². The van der Waals surface area contributed by atoms with Crippen molar-refractivity contribution in [3.05, 3.63) is 58.1 Å². The van der Waals surface area contributed by atoms with Crippen LogP contribution in [0, 0.1) is 17.8 Å². The first-order valence-corrected chi connectivity index (χ1v) is 17.7. The van der Waals surface area contributed by atoms with E-state index >= 15 is 0 Å². The Hall–Kier alpha value is -1.54. The lowest BCUT2D eigenvalue weighted by Gasteiger charge is -2.46. The fourth-order valence-electron chi connectivity index (χ4n) is 7.67. The van der Waals surface area contributed by atoms with E-state index in [0.717, 1.165) is 73.8 Å². The monoisotopic (exact) mass is 628 g/mol. The first-order valence-electron chi connectivity index (χ1n) is 15.9. The van der Waals surface area contributed by atoms with Gasteiger partial charge in [0.05, 0.1) is 25.0 Å². The number of thiol groups is 1. The summed E-state index contributed by atoms with van der Waals surface area (Å²) in [6.07, 6.45) is 9.32. The Labute approximate surface area is 266 Å². The summed E-state index contributed by atoms with van der Waals surface area (Å²) < 4.78 is 16.3. The highest BCUT2D eigenvalue weighted by atomic mass is 35.5. The predicted molar refractivity (Wildman–Crippen MR) is 178 cm³/mol. The van der Waals surface area contributed by atoms with Crippen molar-refractivity contribution >= 4 is 47.8 Å². The van der Waals surface area contributed by atoms with Gasteiger partial charge in [0.1, 0.15) is 5.75 Å². The maximum Gasteiger partial charge on any atom is 0.261 e. The van der Waals surface area contributed by atoms with E-state index in [1.807, 2.05) is 18.2 Å². The second-order valence-electron chi connectivity index (χ2n) is 13.1. The molecular weight excluding hydrogens is 584 g/mol. The molecule has 2 aromatic carbocycles. The number of benzene rings is 2. The van der Waals surface area contributed by atoms with Gasteiger partial charge in [-0.15, -0.1) is 0 Å². The van der Waals surface area contributed by atoms with Crippen LogP contribution in [0.5, 0.6) is 5.75 Å². The molecule has 2 heterocycles. The number of hydrogen-bond donors (Lipinski definition) is 2. The normalized spacial score (nSPS) is 31.7. The average molecular weight is 629 g/mol. The summed E-state index contributed by atoms with van der Waals surface area (Å²) in [6.45, 7) is 7.67. The summed E-state index contributed by atoms with van der Waals surface area (Å²) >= 11 is 12.5.